The summed E-state index contributed by atoms with van der Waals surface area (Å²) in [4.78, 5) is 11.4. The fourth-order valence-corrected chi connectivity index (χ4v) is 1.12. The molecule has 1 N–H and O–H groups in total. The van der Waals surface area contributed by atoms with Crippen LogP contribution in [-0.4, -0.2) is 43.1 Å². The molecular formula is C10H16N2O4. The Morgan fingerprint density at radius 1 is 1.50 bits per heavy atom. The molecule has 6 nitrogen and oxygen atoms in total. The minimum atomic E-state index is -0.432. The molecule has 0 aliphatic heterocycles. The molecule has 0 saturated carbocycles. The van der Waals surface area contributed by atoms with Gasteiger partial charge in [-0.3, -0.25) is 0 Å². The number of H-pyrrole nitrogens is 1. The molecule has 0 aromatic carbocycles. The van der Waals surface area contributed by atoms with Crippen LogP contribution in [-0.2, 0) is 9.47 Å². The number of carbonyl (C=O) groups excluding carboxylic acids is 1. The fraction of sp³-hybridized carbons (Fsp3) is 0.600. The molecule has 0 unspecified atom stereocenters. The van der Waals surface area contributed by atoms with Crippen molar-refractivity contribution in [3.63, 3.8) is 0 Å². The van der Waals surface area contributed by atoms with Crippen LogP contribution in [0, 0.1) is 0 Å². The number of esters is 1. The number of ether oxygens (including phenoxy) is 3. The smallest absolute Gasteiger partial charge is 0.345 e. The van der Waals surface area contributed by atoms with Crippen LogP contribution in [0.25, 0.3) is 0 Å². The second kappa shape index (κ2) is 6.84. The van der Waals surface area contributed by atoms with Gasteiger partial charge in [-0.15, -0.1) is 0 Å². The fourth-order valence-electron chi connectivity index (χ4n) is 1.12. The molecule has 0 fully saturated rings. The summed E-state index contributed by atoms with van der Waals surface area (Å²) in [6, 6.07) is 0. The van der Waals surface area contributed by atoms with Gasteiger partial charge in [-0.25, -0.2) is 9.89 Å². The van der Waals surface area contributed by atoms with Gasteiger partial charge in [-0.2, -0.15) is 5.10 Å². The Kier molecular flexibility index (Phi) is 5.35. The summed E-state index contributed by atoms with van der Waals surface area (Å²) >= 11 is 0. The van der Waals surface area contributed by atoms with Crippen LogP contribution >= 0.6 is 0 Å². The predicted molar refractivity (Wildman–Crippen MR) is 56.5 cm³/mol. The van der Waals surface area contributed by atoms with Gasteiger partial charge in [0.1, 0.15) is 5.56 Å². The third kappa shape index (κ3) is 3.54. The quantitative estimate of drug-likeness (QED) is 0.556. The zero-order valence-corrected chi connectivity index (χ0v) is 9.49. The molecular weight excluding hydrogens is 212 g/mol. The first-order valence-electron chi connectivity index (χ1n) is 5.11. The molecule has 0 atom stereocenters. The van der Waals surface area contributed by atoms with Crippen molar-refractivity contribution in [3.8, 4) is 5.88 Å². The van der Waals surface area contributed by atoms with E-state index in [-0.39, 0.29) is 0 Å². The highest BCUT2D eigenvalue weighted by Crippen LogP contribution is 2.15. The van der Waals surface area contributed by atoms with Crippen molar-refractivity contribution < 1.29 is 19.0 Å². The molecule has 0 bridgehead atoms. The van der Waals surface area contributed by atoms with Gasteiger partial charge in [0.15, 0.2) is 0 Å². The lowest BCUT2D eigenvalue weighted by Crippen LogP contribution is -2.08. The number of aromatic nitrogens is 2. The summed E-state index contributed by atoms with van der Waals surface area (Å²) in [6.07, 6.45) is 2.14. The number of hydrogen-bond acceptors (Lipinski definition) is 5. The van der Waals surface area contributed by atoms with Crippen LogP contribution in [0.1, 0.15) is 23.7 Å². The zero-order valence-electron chi connectivity index (χ0n) is 9.49. The molecule has 0 saturated heterocycles. The van der Waals surface area contributed by atoms with Crippen molar-refractivity contribution in [2.24, 2.45) is 0 Å². The van der Waals surface area contributed by atoms with E-state index in [2.05, 4.69) is 10.2 Å². The topological polar surface area (TPSA) is 73.4 Å². The molecule has 90 valence electrons. The van der Waals surface area contributed by atoms with Crippen LogP contribution in [0.3, 0.4) is 0 Å². The van der Waals surface area contributed by atoms with Gasteiger partial charge in [-0.1, -0.05) is 0 Å². The Hall–Kier alpha value is -1.56. The molecule has 1 aromatic rings. The largest absolute Gasteiger partial charge is 0.477 e. The summed E-state index contributed by atoms with van der Waals surface area (Å²) in [7, 11) is 1.63. The summed E-state index contributed by atoms with van der Waals surface area (Å²) in [5, 5.41) is 6.35. The predicted octanol–water partition coefficient (Wildman–Crippen LogP) is 1.00. The van der Waals surface area contributed by atoms with E-state index in [1.54, 1.807) is 14.0 Å². The highest BCUT2D eigenvalue weighted by Gasteiger charge is 2.15. The van der Waals surface area contributed by atoms with Crippen molar-refractivity contribution in [1.82, 2.24) is 10.2 Å². The first kappa shape index (κ1) is 12.5. The SMILES string of the molecule is CCOC(=O)c1cn[nH]c1OCCCOC. The maximum atomic E-state index is 11.4. The molecule has 0 amide bonds. The second-order valence-electron chi connectivity index (χ2n) is 3.03. The van der Waals surface area contributed by atoms with Gasteiger partial charge in [0.25, 0.3) is 0 Å². The Balaban J connectivity index is 2.47. The van der Waals surface area contributed by atoms with Crippen LogP contribution in [0.15, 0.2) is 6.20 Å². The lowest BCUT2D eigenvalue weighted by atomic mass is 10.3. The van der Waals surface area contributed by atoms with E-state index >= 15 is 0 Å². The standard InChI is InChI=1S/C10H16N2O4/c1-3-15-10(13)8-7-11-12-9(8)16-6-4-5-14-2/h7H,3-6H2,1-2H3,(H,11,12). The Bertz CT molecular complexity index is 324. The summed E-state index contributed by atoms with van der Waals surface area (Å²) < 4.78 is 15.1. The summed E-state index contributed by atoms with van der Waals surface area (Å²) in [5.41, 5.74) is 0.319. The van der Waals surface area contributed by atoms with Crippen LogP contribution in [0.2, 0.25) is 0 Å². The van der Waals surface area contributed by atoms with Gasteiger partial charge in [0.2, 0.25) is 5.88 Å². The number of methoxy groups -OCH3 is 1. The Morgan fingerprint density at radius 3 is 3.00 bits per heavy atom. The molecule has 6 heteroatoms. The number of aromatic amines is 1. The normalized spacial score (nSPS) is 10.1. The highest BCUT2D eigenvalue weighted by molar-refractivity contribution is 5.91. The number of nitrogens with zero attached hydrogens (tertiary/aromatic N) is 1. The van der Waals surface area contributed by atoms with E-state index in [0.29, 0.717) is 31.3 Å². The molecule has 1 rings (SSSR count). The lowest BCUT2D eigenvalue weighted by molar-refractivity contribution is 0.0521. The van der Waals surface area contributed by atoms with Crippen LogP contribution < -0.4 is 4.74 Å². The van der Waals surface area contributed by atoms with E-state index < -0.39 is 5.97 Å². The van der Waals surface area contributed by atoms with E-state index in [4.69, 9.17) is 14.2 Å². The van der Waals surface area contributed by atoms with Gasteiger partial charge >= 0.3 is 5.97 Å². The molecule has 0 aliphatic carbocycles. The average molecular weight is 228 g/mol. The molecule has 1 aromatic heterocycles. The number of hydrogen-bond donors (Lipinski definition) is 1. The first-order chi connectivity index (χ1) is 7.79. The van der Waals surface area contributed by atoms with Crippen molar-refractivity contribution in [3.05, 3.63) is 11.8 Å². The van der Waals surface area contributed by atoms with Gasteiger partial charge in [-0.05, 0) is 6.92 Å². The van der Waals surface area contributed by atoms with E-state index in [0.717, 1.165) is 6.42 Å². The molecule has 0 spiro atoms. The second-order valence-corrected chi connectivity index (χ2v) is 3.03. The van der Waals surface area contributed by atoms with Gasteiger partial charge in [0, 0.05) is 20.1 Å². The minimum Gasteiger partial charge on any atom is -0.477 e. The molecule has 0 aliphatic rings. The van der Waals surface area contributed by atoms with Crippen molar-refractivity contribution >= 4 is 5.97 Å². The first-order valence-corrected chi connectivity index (χ1v) is 5.11. The van der Waals surface area contributed by atoms with Crippen LogP contribution in [0.4, 0.5) is 0 Å². The zero-order chi connectivity index (χ0) is 11.8. The number of carbonyl (C=O) groups is 1. The third-order valence-corrected chi connectivity index (χ3v) is 1.84. The maximum Gasteiger partial charge on any atom is 0.345 e. The Labute approximate surface area is 93.9 Å². The van der Waals surface area contributed by atoms with Crippen molar-refractivity contribution in [2.75, 3.05) is 26.9 Å². The minimum absolute atomic E-state index is 0.319. The van der Waals surface area contributed by atoms with Gasteiger partial charge < -0.3 is 14.2 Å². The summed E-state index contributed by atoms with van der Waals surface area (Å²) in [6.45, 7) is 3.15. The van der Waals surface area contributed by atoms with Crippen molar-refractivity contribution in [2.45, 2.75) is 13.3 Å². The highest BCUT2D eigenvalue weighted by atomic mass is 16.5. The monoisotopic (exact) mass is 228 g/mol. The third-order valence-electron chi connectivity index (χ3n) is 1.84. The molecule has 16 heavy (non-hydrogen) atoms. The lowest BCUT2D eigenvalue weighted by Gasteiger charge is -2.05. The van der Waals surface area contributed by atoms with Gasteiger partial charge in [0.05, 0.1) is 19.4 Å². The Morgan fingerprint density at radius 2 is 2.31 bits per heavy atom. The number of nitrogens with one attached hydrogen (secondary N) is 1. The van der Waals surface area contributed by atoms with E-state index in [1.807, 2.05) is 0 Å². The van der Waals surface area contributed by atoms with E-state index in [9.17, 15) is 4.79 Å². The average Bonchev–Trinajstić information content (AvgIpc) is 2.73. The van der Waals surface area contributed by atoms with E-state index in [1.165, 1.54) is 6.20 Å². The maximum absolute atomic E-state index is 11.4. The summed E-state index contributed by atoms with van der Waals surface area (Å²) in [5.74, 6) is -0.0902. The van der Waals surface area contributed by atoms with Crippen molar-refractivity contribution in [1.29, 1.82) is 0 Å². The molecule has 0 radical (unpaired) electrons. The molecule has 1 heterocycles. The number of rotatable bonds is 7. The van der Waals surface area contributed by atoms with Crippen LogP contribution in [0.5, 0.6) is 5.88 Å².